The fourth-order valence-electron chi connectivity index (χ4n) is 3.76. The van der Waals surface area contributed by atoms with Gasteiger partial charge < -0.3 is 14.2 Å². The molecule has 2 aliphatic heterocycles. The van der Waals surface area contributed by atoms with E-state index in [1.54, 1.807) is 16.8 Å². The van der Waals surface area contributed by atoms with Crippen LogP contribution in [0.2, 0.25) is 0 Å². The Balaban J connectivity index is 1.28. The van der Waals surface area contributed by atoms with E-state index in [1.165, 1.54) is 0 Å². The lowest BCUT2D eigenvalue weighted by Gasteiger charge is -2.18. The molecule has 0 saturated carbocycles. The molecule has 0 radical (unpaired) electrons. The maximum Gasteiger partial charge on any atom is 0.412 e. The van der Waals surface area contributed by atoms with Crippen LogP contribution >= 0.6 is 0 Å². The van der Waals surface area contributed by atoms with Crippen LogP contribution in [0.1, 0.15) is 6.04 Å². The summed E-state index contributed by atoms with van der Waals surface area (Å²) in [4.78, 5) is 12.2. The van der Waals surface area contributed by atoms with E-state index >= 15 is 0 Å². The fraction of sp³-hybridized carbons (Fsp3) is 0.300. The number of carbonyl (C=O) groups is 1. The van der Waals surface area contributed by atoms with Gasteiger partial charge in [0.2, 0.25) is 0 Å². The van der Waals surface area contributed by atoms with Crippen molar-refractivity contribution in [2.45, 2.75) is 24.4 Å². The summed E-state index contributed by atoms with van der Waals surface area (Å²) in [5, 5.41) is 14.8. The number of para-hydroxylation sites is 1. The number of amides is 1. The maximum absolute atomic E-state index is 12.2. The van der Waals surface area contributed by atoms with Gasteiger partial charge in [-0.1, -0.05) is 48.5 Å². The summed E-state index contributed by atoms with van der Waals surface area (Å²) >= 11 is 0. The van der Waals surface area contributed by atoms with Gasteiger partial charge in [-0.15, -0.1) is 5.10 Å². The zero-order valence-electron chi connectivity index (χ0n) is 15.4. The van der Waals surface area contributed by atoms with Gasteiger partial charge in [-0.2, -0.15) is 0 Å². The van der Waals surface area contributed by atoms with Gasteiger partial charge in [0.05, 0.1) is 13.2 Å². The average Bonchev–Trinajstić information content (AvgIpc) is 3.47. The molecule has 9 nitrogen and oxygen atoms in total. The van der Waals surface area contributed by atoms with Crippen molar-refractivity contribution >= 4 is 11.8 Å². The van der Waals surface area contributed by atoms with Crippen LogP contribution in [0.4, 0.5) is 10.5 Å². The number of aromatic nitrogens is 4. The Kier molecular flexibility index (Phi) is 4.66. The summed E-state index contributed by atoms with van der Waals surface area (Å²) in [6, 6.07) is 18.6. The van der Waals surface area contributed by atoms with Gasteiger partial charge in [-0.3, -0.25) is 5.32 Å². The van der Waals surface area contributed by atoms with Crippen LogP contribution in [0.25, 0.3) is 11.4 Å². The Hall–Kier alpha value is -3.30. The minimum atomic E-state index is -0.537. The highest BCUT2D eigenvalue weighted by Crippen LogP contribution is 2.36. The first-order valence-electron chi connectivity index (χ1n) is 9.39. The molecule has 148 valence electrons. The molecule has 0 aliphatic carbocycles. The highest BCUT2D eigenvalue weighted by molar-refractivity contribution is 5.84. The van der Waals surface area contributed by atoms with E-state index in [0.717, 1.165) is 5.56 Å². The standard InChI is InChI=1S/C20H19N5O4/c26-20(21-14-9-5-2-6-10-14)29-16-12-28-17-15(11-27-18(16)17)25-19(22-23-24-25)13-7-3-1-4-8-13/h1-10,15-18H,11-12H2,(H,21,26)/t15-,16-,17-,18+/m1/s1. The second-order valence-corrected chi connectivity index (χ2v) is 6.91. The molecule has 9 heteroatoms. The van der Waals surface area contributed by atoms with Crippen molar-refractivity contribution in [3.63, 3.8) is 0 Å². The van der Waals surface area contributed by atoms with Crippen LogP contribution in [0.5, 0.6) is 0 Å². The number of hydrogen-bond donors (Lipinski definition) is 1. The molecule has 1 N–H and O–H groups in total. The average molecular weight is 393 g/mol. The van der Waals surface area contributed by atoms with Crippen LogP contribution in [0, 0.1) is 0 Å². The second kappa shape index (κ2) is 7.61. The van der Waals surface area contributed by atoms with Crippen molar-refractivity contribution in [3.05, 3.63) is 60.7 Å². The lowest BCUT2D eigenvalue weighted by molar-refractivity contribution is 0.00774. The highest BCUT2D eigenvalue weighted by atomic mass is 16.6. The van der Waals surface area contributed by atoms with Gasteiger partial charge in [0.1, 0.15) is 18.2 Å². The number of carbonyl (C=O) groups excluding carboxylic acids is 1. The lowest BCUT2D eigenvalue weighted by atomic mass is 10.1. The van der Waals surface area contributed by atoms with Crippen molar-refractivity contribution < 1.29 is 19.0 Å². The Labute approximate surface area is 166 Å². The number of ether oxygens (including phenoxy) is 3. The van der Waals surface area contributed by atoms with Crippen LogP contribution < -0.4 is 5.32 Å². The third-order valence-electron chi connectivity index (χ3n) is 5.10. The van der Waals surface area contributed by atoms with Crippen molar-refractivity contribution in [1.82, 2.24) is 20.2 Å². The number of benzene rings is 2. The van der Waals surface area contributed by atoms with E-state index in [0.29, 0.717) is 18.1 Å². The molecule has 3 heterocycles. The van der Waals surface area contributed by atoms with E-state index in [2.05, 4.69) is 20.8 Å². The zero-order chi connectivity index (χ0) is 19.6. The Morgan fingerprint density at radius 2 is 1.72 bits per heavy atom. The zero-order valence-corrected chi connectivity index (χ0v) is 15.4. The summed E-state index contributed by atoms with van der Waals surface area (Å²) in [5.74, 6) is 0.648. The van der Waals surface area contributed by atoms with Gasteiger partial charge in [0, 0.05) is 11.3 Å². The first-order valence-corrected chi connectivity index (χ1v) is 9.39. The van der Waals surface area contributed by atoms with E-state index < -0.39 is 12.2 Å². The Morgan fingerprint density at radius 1 is 1.00 bits per heavy atom. The third kappa shape index (κ3) is 3.45. The van der Waals surface area contributed by atoms with Gasteiger partial charge in [0.15, 0.2) is 11.9 Å². The summed E-state index contributed by atoms with van der Waals surface area (Å²) in [5.41, 5.74) is 1.58. The summed E-state index contributed by atoms with van der Waals surface area (Å²) in [6.07, 6.45) is -1.69. The quantitative estimate of drug-likeness (QED) is 0.726. The summed E-state index contributed by atoms with van der Waals surface area (Å²) in [7, 11) is 0. The minimum Gasteiger partial charge on any atom is -0.441 e. The molecule has 29 heavy (non-hydrogen) atoms. The molecule has 0 unspecified atom stereocenters. The second-order valence-electron chi connectivity index (χ2n) is 6.91. The molecule has 0 bridgehead atoms. The van der Waals surface area contributed by atoms with Gasteiger partial charge in [-0.25, -0.2) is 9.48 Å². The maximum atomic E-state index is 12.2. The molecule has 1 aromatic heterocycles. The topological polar surface area (TPSA) is 100 Å². The predicted molar refractivity (Wildman–Crippen MR) is 102 cm³/mol. The van der Waals surface area contributed by atoms with Gasteiger partial charge >= 0.3 is 6.09 Å². The van der Waals surface area contributed by atoms with Crippen LogP contribution in [0.3, 0.4) is 0 Å². The minimum absolute atomic E-state index is 0.198. The van der Waals surface area contributed by atoms with Crippen molar-refractivity contribution in [2.75, 3.05) is 18.5 Å². The molecular weight excluding hydrogens is 374 g/mol. The van der Waals surface area contributed by atoms with Gasteiger partial charge in [-0.05, 0) is 22.6 Å². The summed E-state index contributed by atoms with van der Waals surface area (Å²) in [6.45, 7) is 0.636. The lowest BCUT2D eigenvalue weighted by Crippen LogP contribution is -2.35. The largest absolute Gasteiger partial charge is 0.441 e. The van der Waals surface area contributed by atoms with E-state index in [4.69, 9.17) is 14.2 Å². The van der Waals surface area contributed by atoms with Crippen molar-refractivity contribution in [1.29, 1.82) is 0 Å². The number of hydrogen-bond acceptors (Lipinski definition) is 7. The monoisotopic (exact) mass is 393 g/mol. The third-order valence-corrected chi connectivity index (χ3v) is 5.10. The molecule has 2 saturated heterocycles. The number of anilines is 1. The van der Waals surface area contributed by atoms with Crippen molar-refractivity contribution in [3.8, 4) is 11.4 Å². The number of rotatable bonds is 4. The molecule has 1 amide bonds. The molecule has 2 aromatic carbocycles. The van der Waals surface area contributed by atoms with Gasteiger partial charge in [0.25, 0.3) is 0 Å². The smallest absolute Gasteiger partial charge is 0.412 e. The SMILES string of the molecule is O=C(Nc1ccccc1)O[C@@H]1CO[C@H]2[C@H]1OC[C@H]2n1nnnc1-c1ccccc1. The highest BCUT2D eigenvalue weighted by Gasteiger charge is 2.51. The van der Waals surface area contributed by atoms with Crippen LogP contribution in [0.15, 0.2) is 60.7 Å². The van der Waals surface area contributed by atoms with Crippen LogP contribution in [-0.2, 0) is 14.2 Å². The molecular formula is C20H19N5O4. The predicted octanol–water partition coefficient (Wildman–Crippen LogP) is 2.30. The van der Waals surface area contributed by atoms with E-state index in [9.17, 15) is 4.79 Å². The molecule has 0 spiro atoms. The molecule has 3 aromatic rings. The van der Waals surface area contributed by atoms with E-state index in [1.807, 2.05) is 48.5 Å². The number of fused-ring (bicyclic) bond motifs is 1. The fourth-order valence-corrected chi connectivity index (χ4v) is 3.76. The molecule has 5 rings (SSSR count). The number of nitrogens with zero attached hydrogens (tertiary/aromatic N) is 4. The number of nitrogens with one attached hydrogen (secondary N) is 1. The van der Waals surface area contributed by atoms with E-state index in [-0.39, 0.29) is 24.9 Å². The Morgan fingerprint density at radius 3 is 2.52 bits per heavy atom. The van der Waals surface area contributed by atoms with Crippen LogP contribution in [-0.4, -0.2) is 57.8 Å². The molecule has 2 aliphatic rings. The number of tetrazole rings is 1. The molecule has 2 fully saturated rings. The first-order chi connectivity index (χ1) is 14.3. The van der Waals surface area contributed by atoms with Crippen molar-refractivity contribution in [2.24, 2.45) is 0 Å². The summed E-state index contributed by atoms with van der Waals surface area (Å²) < 4.78 is 19.1. The first kappa shape index (κ1) is 17.8. The normalized spacial score (nSPS) is 25.5. The Bertz CT molecular complexity index is 981. The molecule has 4 atom stereocenters.